The molecule has 1 unspecified atom stereocenters. The summed E-state index contributed by atoms with van der Waals surface area (Å²) in [7, 11) is 0. The number of rotatable bonds is 5. The average molecular weight is 252 g/mol. The zero-order valence-electron chi connectivity index (χ0n) is 10.5. The number of carbonyl (C=O) groups is 2. The van der Waals surface area contributed by atoms with Crippen LogP contribution < -0.4 is 10.6 Å². The fourth-order valence-corrected chi connectivity index (χ4v) is 1.21. The number of carboxylic acids is 1. The summed E-state index contributed by atoms with van der Waals surface area (Å²) in [6.45, 7) is 5.42. The Kier molecular flexibility index (Phi) is 4.59. The van der Waals surface area contributed by atoms with Crippen LogP contribution in [0.15, 0.2) is 12.4 Å². The van der Waals surface area contributed by atoms with Gasteiger partial charge in [-0.05, 0) is 20.8 Å². The number of nitrogens with one attached hydrogen (secondary N) is 2. The zero-order chi connectivity index (χ0) is 13.7. The molecular weight excluding hydrogens is 236 g/mol. The van der Waals surface area contributed by atoms with E-state index in [1.165, 1.54) is 6.20 Å². The number of anilines is 1. The third-order valence-corrected chi connectivity index (χ3v) is 2.06. The smallest absolute Gasteiger partial charge is 0.356 e. The first-order valence-electron chi connectivity index (χ1n) is 5.52. The van der Waals surface area contributed by atoms with Gasteiger partial charge < -0.3 is 15.7 Å². The molecule has 0 saturated heterocycles. The molecule has 0 bridgehead atoms. The molecule has 0 spiro atoms. The lowest BCUT2D eigenvalue weighted by molar-refractivity contribution is -0.122. The van der Waals surface area contributed by atoms with E-state index >= 15 is 0 Å². The molecule has 0 fully saturated rings. The van der Waals surface area contributed by atoms with Gasteiger partial charge in [0.05, 0.1) is 12.4 Å². The predicted molar refractivity (Wildman–Crippen MR) is 65.4 cm³/mol. The molecule has 1 heterocycles. The SMILES string of the molecule is CC(C)NC(=O)C(C)Nc1cnc(C(=O)O)cn1. The maximum atomic E-state index is 11.6. The van der Waals surface area contributed by atoms with Gasteiger partial charge in [-0.3, -0.25) is 4.79 Å². The van der Waals surface area contributed by atoms with Crippen molar-refractivity contribution in [2.45, 2.75) is 32.9 Å². The monoisotopic (exact) mass is 252 g/mol. The number of aromatic nitrogens is 2. The normalized spacial score (nSPS) is 12.0. The van der Waals surface area contributed by atoms with Gasteiger partial charge in [0.1, 0.15) is 11.9 Å². The van der Waals surface area contributed by atoms with Gasteiger partial charge in [0, 0.05) is 6.04 Å². The minimum atomic E-state index is -1.14. The Labute approximate surface area is 105 Å². The van der Waals surface area contributed by atoms with Crippen LogP contribution in [0.1, 0.15) is 31.3 Å². The van der Waals surface area contributed by atoms with Crippen molar-refractivity contribution in [2.75, 3.05) is 5.32 Å². The van der Waals surface area contributed by atoms with Crippen molar-refractivity contribution in [3.63, 3.8) is 0 Å². The van der Waals surface area contributed by atoms with E-state index in [-0.39, 0.29) is 17.6 Å². The maximum Gasteiger partial charge on any atom is 0.356 e. The van der Waals surface area contributed by atoms with Crippen LogP contribution in [0.4, 0.5) is 5.82 Å². The highest BCUT2D eigenvalue weighted by Crippen LogP contribution is 2.03. The molecule has 0 aromatic carbocycles. The number of aromatic carboxylic acids is 1. The summed E-state index contributed by atoms with van der Waals surface area (Å²) in [6, 6.07) is -0.417. The van der Waals surface area contributed by atoms with E-state index in [1.54, 1.807) is 6.92 Å². The van der Waals surface area contributed by atoms with Crippen LogP contribution in [0, 0.1) is 0 Å². The highest BCUT2D eigenvalue weighted by Gasteiger charge is 2.14. The van der Waals surface area contributed by atoms with Gasteiger partial charge >= 0.3 is 5.97 Å². The van der Waals surface area contributed by atoms with Crippen molar-refractivity contribution in [1.29, 1.82) is 0 Å². The molecule has 0 saturated carbocycles. The van der Waals surface area contributed by atoms with Gasteiger partial charge in [-0.15, -0.1) is 0 Å². The summed E-state index contributed by atoms with van der Waals surface area (Å²) in [5.41, 5.74) is -0.139. The minimum Gasteiger partial charge on any atom is -0.476 e. The first kappa shape index (κ1) is 13.9. The quantitative estimate of drug-likeness (QED) is 0.705. The van der Waals surface area contributed by atoms with Crippen molar-refractivity contribution >= 4 is 17.7 Å². The molecule has 0 radical (unpaired) electrons. The summed E-state index contributed by atoms with van der Waals surface area (Å²) in [6.07, 6.45) is 2.42. The molecule has 1 rings (SSSR count). The van der Waals surface area contributed by atoms with Gasteiger partial charge in [-0.2, -0.15) is 0 Å². The fraction of sp³-hybridized carbons (Fsp3) is 0.455. The number of hydrogen-bond donors (Lipinski definition) is 3. The van der Waals surface area contributed by atoms with Crippen LogP contribution in [0.5, 0.6) is 0 Å². The Balaban J connectivity index is 2.61. The van der Waals surface area contributed by atoms with E-state index in [9.17, 15) is 9.59 Å². The largest absolute Gasteiger partial charge is 0.476 e. The minimum absolute atomic E-state index is 0.0576. The summed E-state index contributed by atoms with van der Waals surface area (Å²) in [4.78, 5) is 29.8. The number of amides is 1. The third kappa shape index (κ3) is 4.00. The fourth-order valence-electron chi connectivity index (χ4n) is 1.21. The second-order valence-electron chi connectivity index (χ2n) is 4.12. The lowest BCUT2D eigenvalue weighted by Gasteiger charge is -2.16. The van der Waals surface area contributed by atoms with Crippen LogP contribution in [0.3, 0.4) is 0 Å². The Bertz CT molecular complexity index is 430. The van der Waals surface area contributed by atoms with Gasteiger partial charge in [0.25, 0.3) is 0 Å². The van der Waals surface area contributed by atoms with Gasteiger partial charge in [-0.1, -0.05) is 0 Å². The first-order chi connectivity index (χ1) is 8.40. The summed E-state index contributed by atoms with van der Waals surface area (Å²) >= 11 is 0. The van der Waals surface area contributed by atoms with Crippen LogP contribution in [0.25, 0.3) is 0 Å². The molecule has 0 aliphatic carbocycles. The van der Waals surface area contributed by atoms with Crippen LogP contribution in [-0.4, -0.2) is 39.0 Å². The van der Waals surface area contributed by atoms with E-state index in [0.29, 0.717) is 5.82 Å². The van der Waals surface area contributed by atoms with E-state index < -0.39 is 12.0 Å². The van der Waals surface area contributed by atoms with Crippen LogP contribution in [0.2, 0.25) is 0 Å². The Morgan fingerprint density at radius 1 is 1.22 bits per heavy atom. The van der Waals surface area contributed by atoms with Crippen LogP contribution in [-0.2, 0) is 4.79 Å². The lowest BCUT2D eigenvalue weighted by atomic mass is 10.3. The van der Waals surface area contributed by atoms with E-state index in [1.807, 2.05) is 13.8 Å². The van der Waals surface area contributed by atoms with Gasteiger partial charge in [0.2, 0.25) is 5.91 Å². The number of hydrogen-bond acceptors (Lipinski definition) is 5. The topological polar surface area (TPSA) is 104 Å². The second-order valence-corrected chi connectivity index (χ2v) is 4.12. The third-order valence-electron chi connectivity index (χ3n) is 2.06. The molecule has 1 aromatic heterocycles. The standard InChI is InChI=1S/C11H16N4O3/c1-6(2)14-10(16)7(3)15-9-5-12-8(4-13-9)11(17)18/h4-7H,1-3H3,(H,13,15)(H,14,16)(H,17,18). The Morgan fingerprint density at radius 2 is 1.89 bits per heavy atom. The van der Waals surface area contributed by atoms with Gasteiger partial charge in [-0.25, -0.2) is 14.8 Å². The second kappa shape index (κ2) is 5.95. The van der Waals surface area contributed by atoms with Crippen molar-refractivity contribution in [3.8, 4) is 0 Å². The van der Waals surface area contributed by atoms with Crippen molar-refractivity contribution in [1.82, 2.24) is 15.3 Å². The maximum absolute atomic E-state index is 11.6. The van der Waals surface area contributed by atoms with Crippen molar-refractivity contribution in [2.24, 2.45) is 0 Å². The molecule has 1 atom stereocenters. The Morgan fingerprint density at radius 3 is 2.33 bits per heavy atom. The predicted octanol–water partition coefficient (Wildman–Crippen LogP) is 0.500. The molecule has 0 aliphatic heterocycles. The molecule has 0 aliphatic rings. The molecule has 98 valence electrons. The number of carboxylic acid groups (broad SMARTS) is 1. The molecule has 1 amide bonds. The van der Waals surface area contributed by atoms with Gasteiger partial charge in [0.15, 0.2) is 5.69 Å². The molecule has 1 aromatic rings. The zero-order valence-corrected chi connectivity index (χ0v) is 10.5. The highest BCUT2D eigenvalue weighted by atomic mass is 16.4. The number of nitrogens with zero attached hydrogens (tertiary/aromatic N) is 2. The molecule has 3 N–H and O–H groups in total. The molecule has 7 heteroatoms. The lowest BCUT2D eigenvalue weighted by Crippen LogP contribution is -2.41. The molecular formula is C11H16N4O3. The number of carbonyl (C=O) groups excluding carboxylic acids is 1. The van der Waals surface area contributed by atoms with E-state index in [0.717, 1.165) is 6.20 Å². The van der Waals surface area contributed by atoms with Crippen LogP contribution >= 0.6 is 0 Å². The Hall–Kier alpha value is -2.18. The van der Waals surface area contributed by atoms with E-state index in [4.69, 9.17) is 5.11 Å². The van der Waals surface area contributed by atoms with Crippen molar-refractivity contribution in [3.05, 3.63) is 18.1 Å². The first-order valence-corrected chi connectivity index (χ1v) is 5.52. The average Bonchev–Trinajstić information content (AvgIpc) is 2.28. The molecule has 7 nitrogen and oxygen atoms in total. The highest BCUT2D eigenvalue weighted by molar-refractivity contribution is 5.85. The van der Waals surface area contributed by atoms with Crippen molar-refractivity contribution < 1.29 is 14.7 Å². The molecule has 18 heavy (non-hydrogen) atoms. The van der Waals surface area contributed by atoms with E-state index in [2.05, 4.69) is 20.6 Å². The summed E-state index contributed by atoms with van der Waals surface area (Å²) in [5.74, 6) is -0.944. The summed E-state index contributed by atoms with van der Waals surface area (Å²) < 4.78 is 0. The summed E-state index contributed by atoms with van der Waals surface area (Å²) in [5, 5.41) is 14.2.